The molecule has 7 heteroatoms. The van der Waals surface area contributed by atoms with Gasteiger partial charge in [-0.15, -0.1) is 0 Å². The van der Waals surface area contributed by atoms with E-state index in [9.17, 15) is 9.59 Å². The van der Waals surface area contributed by atoms with E-state index in [4.69, 9.17) is 33.3 Å². The molecule has 0 fully saturated rings. The average Bonchev–Trinajstić information content (AvgIpc) is 2.42. The highest BCUT2D eigenvalue weighted by Crippen LogP contribution is 2.21. The molecule has 0 bridgehead atoms. The summed E-state index contributed by atoms with van der Waals surface area (Å²) in [7, 11) is 0. The first kappa shape index (κ1) is 16.3. The molecule has 0 saturated heterocycles. The van der Waals surface area contributed by atoms with Crippen LogP contribution in [0.25, 0.3) is 0 Å². The first-order valence-corrected chi connectivity index (χ1v) is 6.07. The SMILES string of the molecule is Nc1c(Cl)cccc1C(=O)O.Nc1ccccc1C(=O)O. The number of rotatable bonds is 2. The number of benzene rings is 2. The number of nitrogen functional groups attached to an aromatic ring is 2. The van der Waals surface area contributed by atoms with Gasteiger partial charge in [0.05, 0.1) is 21.8 Å². The van der Waals surface area contributed by atoms with Gasteiger partial charge in [-0.3, -0.25) is 0 Å². The van der Waals surface area contributed by atoms with Crippen molar-refractivity contribution in [3.05, 3.63) is 58.6 Å². The summed E-state index contributed by atoms with van der Waals surface area (Å²) >= 11 is 5.57. The van der Waals surface area contributed by atoms with Crippen LogP contribution in [0.1, 0.15) is 20.7 Å². The second kappa shape index (κ2) is 7.16. The van der Waals surface area contributed by atoms with Crippen molar-refractivity contribution in [2.24, 2.45) is 0 Å². The van der Waals surface area contributed by atoms with Crippen LogP contribution >= 0.6 is 11.6 Å². The van der Waals surface area contributed by atoms with Crippen molar-refractivity contribution in [2.45, 2.75) is 0 Å². The van der Waals surface area contributed by atoms with Crippen molar-refractivity contribution in [1.82, 2.24) is 0 Å². The minimum atomic E-state index is -1.06. The number of hydrogen-bond donors (Lipinski definition) is 4. The van der Waals surface area contributed by atoms with Crippen LogP contribution < -0.4 is 11.5 Å². The molecular weight excluding hydrogens is 296 g/mol. The second-order valence-electron chi connectivity index (χ2n) is 3.90. The number of carboxylic acid groups (broad SMARTS) is 2. The number of carbonyl (C=O) groups is 2. The molecule has 0 aliphatic carbocycles. The fraction of sp³-hybridized carbons (Fsp3) is 0. The third-order valence-electron chi connectivity index (χ3n) is 2.47. The van der Waals surface area contributed by atoms with Gasteiger partial charge in [-0.2, -0.15) is 0 Å². The summed E-state index contributed by atoms with van der Waals surface area (Å²) in [5, 5.41) is 17.3. The summed E-state index contributed by atoms with van der Waals surface area (Å²) in [4.78, 5) is 20.8. The number of para-hydroxylation sites is 2. The van der Waals surface area contributed by atoms with E-state index in [1.807, 2.05) is 0 Å². The van der Waals surface area contributed by atoms with E-state index in [0.717, 1.165) is 0 Å². The zero-order valence-corrected chi connectivity index (χ0v) is 11.5. The Morgan fingerprint density at radius 1 is 0.857 bits per heavy atom. The van der Waals surface area contributed by atoms with Crippen molar-refractivity contribution in [3.63, 3.8) is 0 Å². The van der Waals surface area contributed by atoms with Gasteiger partial charge >= 0.3 is 11.9 Å². The van der Waals surface area contributed by atoms with E-state index >= 15 is 0 Å². The predicted octanol–water partition coefficient (Wildman–Crippen LogP) is 2.59. The molecule has 0 aliphatic rings. The Labute approximate surface area is 125 Å². The second-order valence-corrected chi connectivity index (χ2v) is 4.31. The molecule has 0 atom stereocenters. The van der Waals surface area contributed by atoms with Crippen LogP contribution in [0.2, 0.25) is 5.02 Å². The highest BCUT2D eigenvalue weighted by Gasteiger charge is 2.08. The summed E-state index contributed by atoms with van der Waals surface area (Å²) in [5.41, 5.74) is 11.3. The van der Waals surface area contributed by atoms with E-state index in [2.05, 4.69) is 0 Å². The maximum Gasteiger partial charge on any atom is 0.337 e. The van der Waals surface area contributed by atoms with Crippen LogP contribution in [0.15, 0.2) is 42.5 Å². The number of carboxylic acids is 2. The highest BCUT2D eigenvalue weighted by molar-refractivity contribution is 6.33. The predicted molar refractivity (Wildman–Crippen MR) is 80.6 cm³/mol. The quantitative estimate of drug-likeness (QED) is 0.631. The molecule has 6 N–H and O–H groups in total. The summed E-state index contributed by atoms with van der Waals surface area (Å²) < 4.78 is 0. The first-order chi connectivity index (χ1) is 9.84. The van der Waals surface area contributed by atoms with E-state index in [0.29, 0.717) is 5.69 Å². The maximum atomic E-state index is 10.4. The Morgan fingerprint density at radius 2 is 1.38 bits per heavy atom. The molecule has 0 radical (unpaired) electrons. The minimum Gasteiger partial charge on any atom is -0.478 e. The van der Waals surface area contributed by atoms with Crippen molar-refractivity contribution in [2.75, 3.05) is 11.5 Å². The lowest BCUT2D eigenvalue weighted by molar-refractivity contribution is 0.0687. The van der Waals surface area contributed by atoms with Crippen molar-refractivity contribution < 1.29 is 19.8 Å². The molecule has 0 heterocycles. The Balaban J connectivity index is 0.000000211. The number of halogens is 1. The summed E-state index contributed by atoms with van der Waals surface area (Å²) in [6, 6.07) is 10.9. The molecule has 2 rings (SSSR count). The van der Waals surface area contributed by atoms with E-state index in [-0.39, 0.29) is 21.8 Å². The topological polar surface area (TPSA) is 127 Å². The number of nitrogens with two attached hydrogens (primary N) is 2. The standard InChI is InChI=1S/C7H6ClNO2.C7H7NO2/c8-5-3-1-2-4(6(5)9)7(10)11;8-6-4-2-1-3-5(6)7(9)10/h1-3H,9H2,(H,10,11);1-4H,8H2,(H,9,10). The molecule has 0 spiro atoms. The molecular formula is C14H13ClN2O4. The lowest BCUT2D eigenvalue weighted by Crippen LogP contribution is -2.01. The molecule has 21 heavy (non-hydrogen) atoms. The van der Waals surface area contributed by atoms with E-state index in [1.165, 1.54) is 12.1 Å². The fourth-order valence-corrected chi connectivity index (χ4v) is 1.59. The zero-order chi connectivity index (χ0) is 16.0. The van der Waals surface area contributed by atoms with Crippen molar-refractivity contribution in [1.29, 1.82) is 0 Å². The van der Waals surface area contributed by atoms with Gasteiger partial charge in [-0.25, -0.2) is 9.59 Å². The highest BCUT2D eigenvalue weighted by atomic mass is 35.5. The minimum absolute atomic E-state index is 0.0394. The fourth-order valence-electron chi connectivity index (χ4n) is 1.42. The zero-order valence-electron chi connectivity index (χ0n) is 10.8. The van der Waals surface area contributed by atoms with Crippen LogP contribution in [0.5, 0.6) is 0 Å². The molecule has 2 aromatic carbocycles. The molecule has 0 aliphatic heterocycles. The summed E-state index contributed by atoms with van der Waals surface area (Å²) in [5.74, 6) is -2.05. The molecule has 110 valence electrons. The van der Waals surface area contributed by atoms with Gasteiger partial charge in [0.25, 0.3) is 0 Å². The Morgan fingerprint density at radius 3 is 1.81 bits per heavy atom. The van der Waals surface area contributed by atoms with Gasteiger partial charge in [-0.05, 0) is 24.3 Å². The third-order valence-corrected chi connectivity index (χ3v) is 2.80. The van der Waals surface area contributed by atoms with Crippen LogP contribution in [-0.4, -0.2) is 22.2 Å². The smallest absolute Gasteiger partial charge is 0.337 e. The summed E-state index contributed by atoms with van der Waals surface area (Å²) in [6.45, 7) is 0. The Hall–Kier alpha value is -2.73. The maximum absolute atomic E-state index is 10.4. The van der Waals surface area contributed by atoms with Crippen LogP contribution in [0, 0.1) is 0 Å². The Bertz CT molecular complexity index is 674. The largest absolute Gasteiger partial charge is 0.478 e. The van der Waals surface area contributed by atoms with Crippen molar-refractivity contribution >= 4 is 34.9 Å². The van der Waals surface area contributed by atoms with Crippen LogP contribution in [-0.2, 0) is 0 Å². The number of aromatic carboxylic acids is 2. The number of hydrogen-bond acceptors (Lipinski definition) is 4. The summed E-state index contributed by atoms with van der Waals surface area (Å²) in [6.07, 6.45) is 0. The van der Waals surface area contributed by atoms with Crippen molar-refractivity contribution in [3.8, 4) is 0 Å². The normalized spacial score (nSPS) is 9.38. The van der Waals surface area contributed by atoms with Gasteiger partial charge in [0, 0.05) is 5.69 Å². The molecule has 0 unspecified atom stereocenters. The lowest BCUT2D eigenvalue weighted by Gasteiger charge is -2.00. The lowest BCUT2D eigenvalue weighted by atomic mass is 10.2. The van der Waals surface area contributed by atoms with Gasteiger partial charge in [0.15, 0.2) is 0 Å². The van der Waals surface area contributed by atoms with Crippen LogP contribution in [0.3, 0.4) is 0 Å². The molecule has 0 amide bonds. The average molecular weight is 309 g/mol. The third kappa shape index (κ3) is 4.39. The molecule has 0 saturated carbocycles. The molecule has 6 nitrogen and oxygen atoms in total. The van der Waals surface area contributed by atoms with Gasteiger partial charge in [-0.1, -0.05) is 29.8 Å². The van der Waals surface area contributed by atoms with E-state index < -0.39 is 11.9 Å². The van der Waals surface area contributed by atoms with Gasteiger partial charge < -0.3 is 21.7 Å². The first-order valence-electron chi connectivity index (χ1n) is 5.69. The van der Waals surface area contributed by atoms with Crippen LogP contribution in [0.4, 0.5) is 11.4 Å². The van der Waals surface area contributed by atoms with Gasteiger partial charge in [0.2, 0.25) is 0 Å². The Kier molecular flexibility index (Phi) is 5.57. The van der Waals surface area contributed by atoms with E-state index in [1.54, 1.807) is 30.3 Å². The monoisotopic (exact) mass is 308 g/mol. The molecule has 2 aromatic rings. The number of anilines is 2. The molecule has 0 aromatic heterocycles. The van der Waals surface area contributed by atoms with Gasteiger partial charge in [0.1, 0.15) is 0 Å².